The summed E-state index contributed by atoms with van der Waals surface area (Å²) in [7, 11) is 0. The van der Waals surface area contributed by atoms with Gasteiger partial charge in [0.15, 0.2) is 5.82 Å². The molecule has 84 valence electrons. The van der Waals surface area contributed by atoms with E-state index in [2.05, 4.69) is 30.0 Å². The van der Waals surface area contributed by atoms with Crippen LogP contribution in [-0.4, -0.2) is 14.8 Å². The van der Waals surface area contributed by atoms with Gasteiger partial charge in [-0.15, -0.1) is 5.10 Å². The monoisotopic (exact) mass is 216 g/mol. The Bertz CT molecular complexity index is 458. The van der Waals surface area contributed by atoms with Gasteiger partial charge in [0.1, 0.15) is 5.82 Å². The van der Waals surface area contributed by atoms with Crippen molar-refractivity contribution in [2.45, 2.75) is 26.2 Å². The maximum absolute atomic E-state index is 5.56. The number of rotatable bonds is 3. The summed E-state index contributed by atoms with van der Waals surface area (Å²) in [5.74, 6) is 1.85. The largest absolute Gasteiger partial charge is 0.382 e. The lowest BCUT2D eigenvalue weighted by atomic mass is 10.0. The van der Waals surface area contributed by atoms with Crippen LogP contribution in [0.4, 0.5) is 5.82 Å². The smallest absolute Gasteiger partial charge is 0.153 e. The Morgan fingerprint density at radius 1 is 1.38 bits per heavy atom. The zero-order valence-electron chi connectivity index (χ0n) is 9.59. The summed E-state index contributed by atoms with van der Waals surface area (Å²) in [6.45, 7) is 4.37. The molecule has 0 saturated heterocycles. The van der Waals surface area contributed by atoms with Gasteiger partial charge in [-0.3, -0.25) is 0 Å². The summed E-state index contributed by atoms with van der Waals surface area (Å²) >= 11 is 0. The fourth-order valence-corrected chi connectivity index (χ4v) is 1.53. The lowest BCUT2D eigenvalue weighted by molar-refractivity contribution is 0.726. The summed E-state index contributed by atoms with van der Waals surface area (Å²) < 4.78 is 1.68. The summed E-state index contributed by atoms with van der Waals surface area (Å²) in [6, 6.07) is 5.81. The summed E-state index contributed by atoms with van der Waals surface area (Å²) in [6.07, 6.45) is 4.83. The lowest BCUT2D eigenvalue weighted by Crippen LogP contribution is -2.00. The van der Waals surface area contributed by atoms with Crippen molar-refractivity contribution in [3.63, 3.8) is 0 Å². The van der Waals surface area contributed by atoms with Gasteiger partial charge in [0.25, 0.3) is 0 Å². The molecule has 0 fully saturated rings. The van der Waals surface area contributed by atoms with Crippen LogP contribution >= 0.6 is 0 Å². The van der Waals surface area contributed by atoms with Crippen molar-refractivity contribution >= 4 is 5.82 Å². The Morgan fingerprint density at radius 2 is 2.19 bits per heavy atom. The quantitative estimate of drug-likeness (QED) is 0.856. The minimum atomic E-state index is 0.507. The molecule has 0 saturated carbocycles. The molecule has 2 N–H and O–H groups in total. The molecule has 2 rings (SSSR count). The molecule has 0 spiro atoms. The maximum Gasteiger partial charge on any atom is 0.153 e. The van der Waals surface area contributed by atoms with E-state index in [-0.39, 0.29) is 0 Å². The average Bonchev–Trinajstić information content (AvgIpc) is 2.75. The fraction of sp³-hybridized carbons (Fsp3) is 0.333. The van der Waals surface area contributed by atoms with E-state index in [4.69, 9.17) is 5.73 Å². The minimum Gasteiger partial charge on any atom is -0.382 e. The molecule has 2 heterocycles. The summed E-state index contributed by atoms with van der Waals surface area (Å²) in [4.78, 5) is 4.38. The van der Waals surface area contributed by atoms with Crippen LogP contribution < -0.4 is 5.73 Å². The molecule has 2 aromatic heterocycles. The van der Waals surface area contributed by atoms with Gasteiger partial charge >= 0.3 is 0 Å². The number of aromatic nitrogens is 3. The van der Waals surface area contributed by atoms with Crippen molar-refractivity contribution in [2.24, 2.45) is 0 Å². The van der Waals surface area contributed by atoms with E-state index in [1.807, 2.05) is 12.3 Å². The van der Waals surface area contributed by atoms with E-state index in [0.717, 1.165) is 12.2 Å². The molecular formula is C12H16N4. The van der Waals surface area contributed by atoms with Gasteiger partial charge in [-0.1, -0.05) is 19.9 Å². The van der Waals surface area contributed by atoms with E-state index in [9.17, 15) is 0 Å². The van der Waals surface area contributed by atoms with Crippen LogP contribution in [0.1, 0.15) is 31.7 Å². The Kier molecular flexibility index (Phi) is 2.90. The Morgan fingerprint density at radius 3 is 2.69 bits per heavy atom. The van der Waals surface area contributed by atoms with Crippen LogP contribution in [0.5, 0.6) is 0 Å². The van der Waals surface area contributed by atoms with Crippen molar-refractivity contribution in [1.29, 1.82) is 0 Å². The number of hydrogen-bond donors (Lipinski definition) is 1. The number of hydrogen-bond acceptors (Lipinski definition) is 3. The molecule has 0 aromatic carbocycles. The van der Waals surface area contributed by atoms with E-state index in [1.165, 1.54) is 5.56 Å². The highest BCUT2D eigenvalue weighted by atomic mass is 15.3. The fourth-order valence-electron chi connectivity index (χ4n) is 1.53. The molecule has 2 aromatic rings. The molecule has 0 radical (unpaired) electrons. The Hall–Kier alpha value is -1.84. The second-order valence-corrected chi connectivity index (χ2v) is 3.94. The molecule has 0 aliphatic heterocycles. The zero-order chi connectivity index (χ0) is 11.5. The second-order valence-electron chi connectivity index (χ2n) is 3.94. The first-order valence-electron chi connectivity index (χ1n) is 5.48. The van der Waals surface area contributed by atoms with Gasteiger partial charge in [-0.2, -0.15) is 0 Å². The van der Waals surface area contributed by atoms with Gasteiger partial charge in [0.2, 0.25) is 0 Å². The third-order valence-electron chi connectivity index (χ3n) is 2.80. The van der Waals surface area contributed by atoms with E-state index in [0.29, 0.717) is 11.7 Å². The molecule has 4 nitrogen and oxygen atoms in total. The molecule has 0 bridgehead atoms. The van der Waals surface area contributed by atoms with Gasteiger partial charge in [-0.05, 0) is 24.0 Å². The average molecular weight is 216 g/mol. The molecule has 0 aliphatic rings. The first-order valence-corrected chi connectivity index (χ1v) is 5.48. The number of anilines is 1. The number of nitrogens with zero attached hydrogens (tertiary/aromatic N) is 3. The molecule has 1 atom stereocenters. The van der Waals surface area contributed by atoms with Crippen LogP contribution in [0.3, 0.4) is 0 Å². The van der Waals surface area contributed by atoms with Crippen molar-refractivity contribution in [3.05, 3.63) is 36.2 Å². The van der Waals surface area contributed by atoms with E-state index in [1.54, 1.807) is 16.9 Å². The van der Waals surface area contributed by atoms with Gasteiger partial charge in [-0.25, -0.2) is 9.67 Å². The first kappa shape index (κ1) is 10.7. The van der Waals surface area contributed by atoms with Crippen molar-refractivity contribution in [1.82, 2.24) is 14.8 Å². The minimum absolute atomic E-state index is 0.507. The SMILES string of the molecule is CCC(C)c1ccc(-n2ccc(N)n2)nc1. The van der Waals surface area contributed by atoms with Gasteiger partial charge in [0, 0.05) is 18.5 Å². The predicted molar refractivity (Wildman–Crippen MR) is 64.5 cm³/mol. The standard InChI is InChI=1S/C12H16N4/c1-3-9(2)10-4-5-12(14-8-10)16-7-6-11(13)15-16/h4-9H,3H2,1-2H3,(H2,13,15). The van der Waals surface area contributed by atoms with Gasteiger partial charge in [0.05, 0.1) is 0 Å². The zero-order valence-corrected chi connectivity index (χ0v) is 9.59. The normalized spacial score (nSPS) is 12.6. The molecule has 16 heavy (non-hydrogen) atoms. The highest BCUT2D eigenvalue weighted by molar-refractivity contribution is 5.31. The molecular weight excluding hydrogens is 200 g/mol. The van der Waals surface area contributed by atoms with Crippen LogP contribution in [0.15, 0.2) is 30.6 Å². The molecule has 4 heteroatoms. The third kappa shape index (κ3) is 2.05. The second kappa shape index (κ2) is 4.35. The highest BCUT2D eigenvalue weighted by Gasteiger charge is 2.04. The van der Waals surface area contributed by atoms with E-state index >= 15 is 0 Å². The van der Waals surface area contributed by atoms with Crippen molar-refractivity contribution in [3.8, 4) is 5.82 Å². The molecule has 1 unspecified atom stereocenters. The topological polar surface area (TPSA) is 56.7 Å². The lowest BCUT2D eigenvalue weighted by Gasteiger charge is -2.08. The number of nitrogen functional groups attached to an aromatic ring is 1. The molecule has 0 amide bonds. The van der Waals surface area contributed by atoms with E-state index < -0.39 is 0 Å². The van der Waals surface area contributed by atoms with Crippen LogP contribution in [-0.2, 0) is 0 Å². The van der Waals surface area contributed by atoms with Crippen LogP contribution in [0, 0.1) is 0 Å². The summed E-state index contributed by atoms with van der Waals surface area (Å²) in [5.41, 5.74) is 6.81. The number of nitrogens with two attached hydrogens (primary N) is 1. The number of pyridine rings is 1. The van der Waals surface area contributed by atoms with Crippen LogP contribution in [0.2, 0.25) is 0 Å². The maximum atomic E-state index is 5.56. The summed E-state index contributed by atoms with van der Waals surface area (Å²) in [5, 5.41) is 4.11. The third-order valence-corrected chi connectivity index (χ3v) is 2.80. The predicted octanol–water partition coefficient (Wildman–Crippen LogP) is 2.36. The Balaban J connectivity index is 2.25. The highest BCUT2D eigenvalue weighted by Crippen LogP contribution is 2.18. The van der Waals surface area contributed by atoms with Crippen molar-refractivity contribution in [2.75, 3.05) is 5.73 Å². The van der Waals surface area contributed by atoms with Crippen molar-refractivity contribution < 1.29 is 0 Å². The molecule has 0 aliphatic carbocycles. The Labute approximate surface area is 95.1 Å². The van der Waals surface area contributed by atoms with Crippen LogP contribution in [0.25, 0.3) is 5.82 Å². The van der Waals surface area contributed by atoms with Gasteiger partial charge < -0.3 is 5.73 Å². The first-order chi connectivity index (χ1) is 7.70.